The predicted octanol–water partition coefficient (Wildman–Crippen LogP) is 5.30. The van der Waals surface area contributed by atoms with Gasteiger partial charge >= 0.3 is 0 Å². The summed E-state index contributed by atoms with van der Waals surface area (Å²) in [7, 11) is 0. The molecule has 0 radical (unpaired) electrons. The van der Waals surface area contributed by atoms with Gasteiger partial charge < -0.3 is 15.5 Å². The van der Waals surface area contributed by atoms with Gasteiger partial charge in [0, 0.05) is 16.6 Å². The molecular weight excluding hydrogens is 308 g/mol. The standard InChI is InChI=1S/C22H28N2O/c1-2-3-16-25-18-13-11-17(12-14-18)22-20(9-6-7-15-23)19-8-4-5-10-21(19)24-22/h4-5,8,10-14,24H,2-3,6-7,9,15-16,23H2,1H3. The van der Waals surface area contributed by atoms with Gasteiger partial charge in [0.25, 0.3) is 0 Å². The predicted molar refractivity (Wildman–Crippen MR) is 106 cm³/mol. The van der Waals surface area contributed by atoms with Gasteiger partial charge in [0.2, 0.25) is 0 Å². The van der Waals surface area contributed by atoms with E-state index in [0.717, 1.165) is 51.0 Å². The number of benzene rings is 2. The molecule has 0 aliphatic heterocycles. The van der Waals surface area contributed by atoms with Crippen LogP contribution in [-0.2, 0) is 6.42 Å². The maximum atomic E-state index is 5.78. The van der Waals surface area contributed by atoms with Gasteiger partial charge in [-0.2, -0.15) is 0 Å². The van der Waals surface area contributed by atoms with E-state index in [9.17, 15) is 0 Å². The number of aromatic amines is 1. The van der Waals surface area contributed by atoms with Crippen molar-refractivity contribution >= 4 is 10.9 Å². The van der Waals surface area contributed by atoms with Crippen molar-refractivity contribution in [2.24, 2.45) is 5.73 Å². The van der Waals surface area contributed by atoms with Crippen LogP contribution in [0.25, 0.3) is 22.2 Å². The highest BCUT2D eigenvalue weighted by molar-refractivity contribution is 5.90. The van der Waals surface area contributed by atoms with E-state index < -0.39 is 0 Å². The molecule has 0 atom stereocenters. The number of hydrogen-bond acceptors (Lipinski definition) is 2. The number of rotatable bonds is 9. The van der Waals surface area contributed by atoms with Crippen LogP contribution in [0.4, 0.5) is 0 Å². The average molecular weight is 336 g/mol. The van der Waals surface area contributed by atoms with Crippen LogP contribution < -0.4 is 10.5 Å². The summed E-state index contributed by atoms with van der Waals surface area (Å²) in [6, 6.07) is 17.0. The van der Waals surface area contributed by atoms with E-state index in [1.807, 2.05) is 0 Å². The number of hydrogen-bond donors (Lipinski definition) is 2. The van der Waals surface area contributed by atoms with Crippen LogP contribution in [0.3, 0.4) is 0 Å². The first kappa shape index (κ1) is 17.6. The molecule has 0 aliphatic rings. The minimum atomic E-state index is 0.751. The van der Waals surface area contributed by atoms with Crippen molar-refractivity contribution in [3.05, 3.63) is 54.1 Å². The molecule has 2 aromatic carbocycles. The molecule has 1 aromatic heterocycles. The average Bonchev–Trinajstić information content (AvgIpc) is 3.02. The highest BCUT2D eigenvalue weighted by Crippen LogP contribution is 2.32. The van der Waals surface area contributed by atoms with Crippen molar-refractivity contribution in [2.45, 2.75) is 39.0 Å². The van der Waals surface area contributed by atoms with Crippen LogP contribution in [0.15, 0.2) is 48.5 Å². The van der Waals surface area contributed by atoms with Crippen LogP contribution in [0.2, 0.25) is 0 Å². The molecule has 3 aromatic rings. The van der Waals surface area contributed by atoms with E-state index in [0.29, 0.717) is 0 Å². The fourth-order valence-electron chi connectivity index (χ4n) is 3.20. The Balaban J connectivity index is 1.87. The molecule has 0 amide bonds. The summed E-state index contributed by atoms with van der Waals surface area (Å²) in [4.78, 5) is 3.61. The Morgan fingerprint density at radius 3 is 2.52 bits per heavy atom. The lowest BCUT2D eigenvalue weighted by Crippen LogP contribution is -1.99. The topological polar surface area (TPSA) is 51.0 Å². The Kier molecular flexibility index (Phi) is 6.13. The van der Waals surface area contributed by atoms with Crippen LogP contribution in [-0.4, -0.2) is 18.1 Å². The van der Waals surface area contributed by atoms with Gasteiger partial charge in [0.15, 0.2) is 0 Å². The first-order chi connectivity index (χ1) is 12.3. The third-order valence-corrected chi connectivity index (χ3v) is 4.60. The Morgan fingerprint density at radius 2 is 1.76 bits per heavy atom. The molecular formula is C22H28N2O. The van der Waals surface area contributed by atoms with Gasteiger partial charge in [-0.05, 0) is 73.7 Å². The summed E-state index contributed by atoms with van der Waals surface area (Å²) in [5.41, 5.74) is 10.7. The van der Waals surface area contributed by atoms with Gasteiger partial charge in [-0.25, -0.2) is 0 Å². The highest BCUT2D eigenvalue weighted by atomic mass is 16.5. The minimum Gasteiger partial charge on any atom is -0.494 e. The van der Waals surface area contributed by atoms with Crippen molar-refractivity contribution in [3.8, 4) is 17.0 Å². The summed E-state index contributed by atoms with van der Waals surface area (Å²) in [6.45, 7) is 3.71. The summed E-state index contributed by atoms with van der Waals surface area (Å²) in [5, 5.41) is 1.32. The first-order valence-electron chi connectivity index (χ1n) is 9.36. The monoisotopic (exact) mass is 336 g/mol. The van der Waals surface area contributed by atoms with E-state index in [1.54, 1.807) is 0 Å². The lowest BCUT2D eigenvalue weighted by molar-refractivity contribution is 0.309. The van der Waals surface area contributed by atoms with Gasteiger partial charge in [-0.1, -0.05) is 31.5 Å². The SMILES string of the molecule is CCCCOc1ccc(-c2[nH]c3ccccc3c2CCCCN)cc1. The molecule has 132 valence electrons. The number of fused-ring (bicyclic) bond motifs is 1. The van der Waals surface area contributed by atoms with Gasteiger partial charge in [0.1, 0.15) is 5.75 Å². The quantitative estimate of drug-likeness (QED) is 0.521. The van der Waals surface area contributed by atoms with E-state index in [-0.39, 0.29) is 0 Å². The minimum absolute atomic E-state index is 0.751. The summed E-state index contributed by atoms with van der Waals surface area (Å²) >= 11 is 0. The number of aromatic nitrogens is 1. The fraction of sp³-hybridized carbons (Fsp3) is 0.364. The van der Waals surface area contributed by atoms with E-state index in [4.69, 9.17) is 10.5 Å². The van der Waals surface area contributed by atoms with E-state index in [1.165, 1.54) is 27.7 Å². The molecule has 3 heteroatoms. The number of nitrogens with two attached hydrogens (primary N) is 1. The number of H-pyrrole nitrogens is 1. The molecule has 0 saturated heterocycles. The molecule has 0 spiro atoms. The summed E-state index contributed by atoms with van der Waals surface area (Å²) in [6.07, 6.45) is 5.46. The van der Waals surface area contributed by atoms with E-state index >= 15 is 0 Å². The largest absolute Gasteiger partial charge is 0.494 e. The number of aryl methyl sites for hydroxylation is 1. The lowest BCUT2D eigenvalue weighted by Gasteiger charge is -2.08. The Hall–Kier alpha value is -2.26. The Morgan fingerprint density at radius 1 is 0.960 bits per heavy atom. The van der Waals surface area contributed by atoms with E-state index in [2.05, 4.69) is 60.4 Å². The first-order valence-corrected chi connectivity index (χ1v) is 9.36. The molecule has 0 unspecified atom stereocenters. The number of nitrogens with one attached hydrogen (secondary N) is 1. The maximum absolute atomic E-state index is 5.78. The zero-order valence-corrected chi connectivity index (χ0v) is 15.1. The second-order valence-electron chi connectivity index (χ2n) is 6.50. The second-order valence-corrected chi connectivity index (χ2v) is 6.50. The van der Waals surface area contributed by atoms with Crippen LogP contribution in [0, 0.1) is 0 Å². The van der Waals surface area contributed by atoms with Crippen LogP contribution >= 0.6 is 0 Å². The second kappa shape index (κ2) is 8.72. The van der Waals surface area contributed by atoms with Gasteiger partial charge in [-0.3, -0.25) is 0 Å². The zero-order valence-electron chi connectivity index (χ0n) is 15.1. The fourth-order valence-corrected chi connectivity index (χ4v) is 3.20. The summed E-state index contributed by atoms with van der Waals surface area (Å²) in [5.74, 6) is 0.943. The smallest absolute Gasteiger partial charge is 0.119 e. The number of ether oxygens (including phenoxy) is 1. The molecule has 1 heterocycles. The third-order valence-electron chi connectivity index (χ3n) is 4.60. The van der Waals surface area contributed by atoms with Gasteiger partial charge in [0.05, 0.1) is 6.61 Å². The normalized spacial score (nSPS) is 11.1. The Bertz CT molecular complexity index is 789. The van der Waals surface area contributed by atoms with Crippen molar-refractivity contribution in [1.82, 2.24) is 4.98 Å². The van der Waals surface area contributed by atoms with Crippen LogP contribution in [0.1, 0.15) is 38.2 Å². The molecule has 25 heavy (non-hydrogen) atoms. The maximum Gasteiger partial charge on any atom is 0.119 e. The zero-order chi connectivity index (χ0) is 17.5. The van der Waals surface area contributed by atoms with Crippen molar-refractivity contribution in [2.75, 3.05) is 13.2 Å². The molecule has 3 rings (SSSR count). The summed E-state index contributed by atoms with van der Waals surface area (Å²) < 4.78 is 5.78. The number of unbranched alkanes of at least 4 members (excludes halogenated alkanes) is 2. The Labute approximate surface area is 150 Å². The van der Waals surface area contributed by atoms with Crippen molar-refractivity contribution < 1.29 is 4.74 Å². The van der Waals surface area contributed by atoms with Crippen molar-refractivity contribution in [3.63, 3.8) is 0 Å². The lowest BCUT2D eigenvalue weighted by atomic mass is 10.0. The molecule has 0 saturated carbocycles. The molecule has 0 fully saturated rings. The van der Waals surface area contributed by atoms with Gasteiger partial charge in [-0.15, -0.1) is 0 Å². The molecule has 3 N–H and O–H groups in total. The highest BCUT2D eigenvalue weighted by Gasteiger charge is 2.12. The van der Waals surface area contributed by atoms with Crippen LogP contribution in [0.5, 0.6) is 5.75 Å². The number of para-hydroxylation sites is 1. The molecule has 0 bridgehead atoms. The van der Waals surface area contributed by atoms with Crippen molar-refractivity contribution in [1.29, 1.82) is 0 Å². The third kappa shape index (κ3) is 4.23. The molecule has 0 aliphatic carbocycles. The molecule has 3 nitrogen and oxygen atoms in total.